The van der Waals surface area contributed by atoms with E-state index in [4.69, 9.17) is 9.47 Å². The lowest BCUT2D eigenvalue weighted by Crippen LogP contribution is -2.54. The van der Waals surface area contributed by atoms with E-state index in [1.165, 1.54) is 0 Å². The lowest BCUT2D eigenvalue weighted by atomic mass is 10.1. The fourth-order valence-electron chi connectivity index (χ4n) is 2.27. The van der Waals surface area contributed by atoms with Crippen LogP contribution in [0.1, 0.15) is 13.8 Å². The molecule has 2 rings (SSSR count). The van der Waals surface area contributed by atoms with Crippen LogP contribution < -0.4 is 14.8 Å². The van der Waals surface area contributed by atoms with Crippen molar-refractivity contribution in [2.75, 3.05) is 33.3 Å². The molecule has 22 heavy (non-hydrogen) atoms. The minimum absolute atomic E-state index is 0. The number of carbonyl (C=O) groups is 1. The van der Waals surface area contributed by atoms with Crippen molar-refractivity contribution in [1.29, 1.82) is 0 Å². The van der Waals surface area contributed by atoms with Gasteiger partial charge in [-0.15, -0.1) is 12.4 Å². The number of benzene rings is 1. The maximum Gasteiger partial charge on any atom is 0.266 e. The molecule has 1 amide bonds. The zero-order valence-electron chi connectivity index (χ0n) is 13.2. The maximum atomic E-state index is 12.6. The van der Waals surface area contributed by atoms with Crippen LogP contribution in [0, 0.1) is 0 Å². The van der Waals surface area contributed by atoms with Gasteiger partial charge < -0.3 is 25.2 Å². The summed E-state index contributed by atoms with van der Waals surface area (Å²) in [4.78, 5) is 14.4. The monoisotopic (exact) mass is 332 g/mol. The molecule has 7 heteroatoms. The van der Waals surface area contributed by atoms with Crippen molar-refractivity contribution in [2.24, 2.45) is 0 Å². The van der Waals surface area contributed by atoms with Crippen molar-refractivity contribution in [3.05, 3.63) is 24.3 Å². The number of halogens is 1. The second kappa shape index (κ2) is 8.82. The Morgan fingerprint density at radius 2 is 1.73 bits per heavy atom. The summed E-state index contributed by atoms with van der Waals surface area (Å²) in [5.74, 6) is 1.22. The molecule has 0 bridgehead atoms. The molecule has 6 nitrogen and oxygen atoms in total. The summed E-state index contributed by atoms with van der Waals surface area (Å²) in [5.41, 5.74) is -0.911. The number of para-hydroxylation sites is 2. The first-order chi connectivity index (χ1) is 9.54. The van der Waals surface area contributed by atoms with Gasteiger partial charge in [-0.2, -0.15) is 0 Å². The van der Waals surface area contributed by atoms with E-state index in [2.05, 4.69) is 5.32 Å². The Morgan fingerprint density at radius 1 is 1.18 bits per heavy atom. The van der Waals surface area contributed by atoms with Gasteiger partial charge in [0, 0.05) is 26.2 Å². The van der Waals surface area contributed by atoms with E-state index in [0.717, 1.165) is 26.2 Å². The average Bonchev–Trinajstić information content (AvgIpc) is 2.47. The van der Waals surface area contributed by atoms with Gasteiger partial charge >= 0.3 is 0 Å². The Labute approximate surface area is 137 Å². The summed E-state index contributed by atoms with van der Waals surface area (Å²) < 4.78 is 11.2. The lowest BCUT2D eigenvalue weighted by Gasteiger charge is -2.35. The number of carbonyl (C=O) groups excluding carboxylic acids is 1. The first-order valence-corrected chi connectivity index (χ1v) is 6.87. The normalized spacial score (nSPS) is 14.4. The molecule has 0 unspecified atom stereocenters. The van der Waals surface area contributed by atoms with Crippen molar-refractivity contribution in [3.63, 3.8) is 0 Å². The van der Waals surface area contributed by atoms with E-state index in [0.29, 0.717) is 11.5 Å². The van der Waals surface area contributed by atoms with E-state index in [1.54, 1.807) is 21.0 Å². The molecule has 1 aliphatic heterocycles. The Morgan fingerprint density at radius 3 is 2.27 bits per heavy atom. The SMILES string of the molecule is COc1ccccc1OC(C)(C)C(=O)N1CCNCC1.Cl.O. The van der Waals surface area contributed by atoms with E-state index in [9.17, 15) is 4.79 Å². The van der Waals surface area contributed by atoms with Gasteiger partial charge in [0.05, 0.1) is 7.11 Å². The topological polar surface area (TPSA) is 82.3 Å². The summed E-state index contributed by atoms with van der Waals surface area (Å²) >= 11 is 0. The summed E-state index contributed by atoms with van der Waals surface area (Å²) in [7, 11) is 1.59. The summed E-state index contributed by atoms with van der Waals surface area (Å²) in [6, 6.07) is 7.37. The fraction of sp³-hybridized carbons (Fsp3) is 0.533. The molecule has 1 fully saturated rings. The molecule has 1 aromatic rings. The number of ether oxygens (including phenoxy) is 2. The molecule has 0 saturated carbocycles. The quantitative estimate of drug-likeness (QED) is 0.887. The molecule has 1 heterocycles. The van der Waals surface area contributed by atoms with Gasteiger partial charge in [0.25, 0.3) is 5.91 Å². The fourth-order valence-corrected chi connectivity index (χ4v) is 2.27. The number of hydrogen-bond donors (Lipinski definition) is 1. The molecular weight excluding hydrogens is 308 g/mol. The minimum Gasteiger partial charge on any atom is -0.493 e. The highest BCUT2D eigenvalue weighted by Crippen LogP contribution is 2.30. The molecule has 1 aromatic carbocycles. The summed E-state index contributed by atoms with van der Waals surface area (Å²) in [5, 5.41) is 3.23. The van der Waals surface area contributed by atoms with Crippen molar-refractivity contribution in [2.45, 2.75) is 19.4 Å². The maximum absolute atomic E-state index is 12.6. The number of piperazine rings is 1. The number of hydrogen-bond acceptors (Lipinski definition) is 4. The van der Waals surface area contributed by atoms with Gasteiger partial charge in [0.1, 0.15) is 0 Å². The highest BCUT2D eigenvalue weighted by atomic mass is 35.5. The van der Waals surface area contributed by atoms with E-state index in [1.807, 2.05) is 29.2 Å². The Bertz CT molecular complexity index is 476. The van der Waals surface area contributed by atoms with Crippen LogP contribution in [0.2, 0.25) is 0 Å². The third kappa shape index (κ3) is 4.76. The number of rotatable bonds is 4. The predicted octanol–water partition coefficient (Wildman–Crippen LogP) is 0.881. The Balaban J connectivity index is 0.00000220. The second-order valence-electron chi connectivity index (χ2n) is 5.31. The van der Waals surface area contributed by atoms with E-state index in [-0.39, 0.29) is 23.8 Å². The molecule has 1 aliphatic rings. The molecular formula is C15H25ClN2O4. The second-order valence-corrected chi connectivity index (χ2v) is 5.31. The molecule has 1 saturated heterocycles. The van der Waals surface area contributed by atoms with Gasteiger partial charge in [-0.05, 0) is 26.0 Å². The van der Waals surface area contributed by atoms with E-state index < -0.39 is 5.60 Å². The summed E-state index contributed by atoms with van der Waals surface area (Å²) in [6.45, 7) is 6.69. The van der Waals surface area contributed by atoms with Crippen molar-refractivity contribution < 1.29 is 19.7 Å². The molecule has 0 spiro atoms. The highest BCUT2D eigenvalue weighted by Gasteiger charge is 2.35. The predicted molar refractivity (Wildman–Crippen MR) is 88.0 cm³/mol. The molecule has 0 aliphatic carbocycles. The van der Waals surface area contributed by atoms with Crippen LogP contribution >= 0.6 is 12.4 Å². The van der Waals surface area contributed by atoms with Crippen molar-refractivity contribution in [3.8, 4) is 11.5 Å². The van der Waals surface area contributed by atoms with Crippen LogP contribution in [0.25, 0.3) is 0 Å². The van der Waals surface area contributed by atoms with Gasteiger partial charge in [0.15, 0.2) is 17.1 Å². The first kappa shape index (κ1) is 20.5. The van der Waals surface area contributed by atoms with Crippen LogP contribution in [-0.4, -0.2) is 55.2 Å². The number of nitrogens with one attached hydrogen (secondary N) is 1. The molecule has 0 radical (unpaired) electrons. The number of methoxy groups -OCH3 is 1. The molecule has 0 atom stereocenters. The van der Waals surface area contributed by atoms with Crippen LogP contribution in [-0.2, 0) is 4.79 Å². The van der Waals surface area contributed by atoms with Gasteiger partial charge in [-0.3, -0.25) is 4.79 Å². The molecule has 0 aromatic heterocycles. The van der Waals surface area contributed by atoms with Gasteiger partial charge in [-0.25, -0.2) is 0 Å². The Hall–Kier alpha value is -1.50. The average molecular weight is 333 g/mol. The zero-order valence-corrected chi connectivity index (χ0v) is 14.0. The Kier molecular flexibility index (Phi) is 8.22. The van der Waals surface area contributed by atoms with Crippen molar-refractivity contribution in [1.82, 2.24) is 10.2 Å². The summed E-state index contributed by atoms with van der Waals surface area (Å²) in [6.07, 6.45) is 0. The minimum atomic E-state index is -0.911. The standard InChI is InChI=1S/C15H22N2O3.ClH.H2O/c1-15(2,14(18)17-10-8-16-9-11-17)20-13-7-5-4-6-12(13)19-3;;/h4-7,16H,8-11H2,1-3H3;1H;1H2. The number of amides is 1. The van der Waals surface area contributed by atoms with Crippen LogP contribution in [0.3, 0.4) is 0 Å². The lowest BCUT2D eigenvalue weighted by molar-refractivity contribution is -0.146. The van der Waals surface area contributed by atoms with Crippen molar-refractivity contribution >= 4 is 18.3 Å². The van der Waals surface area contributed by atoms with Gasteiger partial charge in [-0.1, -0.05) is 12.1 Å². The smallest absolute Gasteiger partial charge is 0.266 e. The van der Waals surface area contributed by atoms with Crippen LogP contribution in [0.5, 0.6) is 11.5 Å². The third-order valence-electron chi connectivity index (χ3n) is 3.35. The van der Waals surface area contributed by atoms with Gasteiger partial charge in [0.2, 0.25) is 0 Å². The van der Waals surface area contributed by atoms with E-state index >= 15 is 0 Å². The third-order valence-corrected chi connectivity index (χ3v) is 3.35. The largest absolute Gasteiger partial charge is 0.493 e. The molecule has 126 valence electrons. The van der Waals surface area contributed by atoms with Crippen LogP contribution in [0.4, 0.5) is 0 Å². The first-order valence-electron chi connectivity index (χ1n) is 6.87. The van der Waals surface area contributed by atoms with Crippen LogP contribution in [0.15, 0.2) is 24.3 Å². The zero-order chi connectivity index (χ0) is 14.6. The molecule has 3 N–H and O–H groups in total. The highest BCUT2D eigenvalue weighted by molar-refractivity contribution is 5.85. The number of nitrogens with zero attached hydrogens (tertiary/aromatic N) is 1.